The Morgan fingerprint density at radius 1 is 1.44 bits per heavy atom. The zero-order valence-corrected chi connectivity index (χ0v) is 11.9. The molecule has 3 rings (SSSR count). The maximum Gasteiger partial charge on any atom is 0.238 e. The van der Waals surface area contributed by atoms with E-state index in [-0.39, 0.29) is 12.1 Å². The van der Waals surface area contributed by atoms with E-state index < -0.39 is 0 Å². The fraction of sp³-hybridized carbons (Fsp3) is 0.615. The van der Waals surface area contributed by atoms with Crippen LogP contribution in [0.5, 0.6) is 0 Å². The monoisotopic (exact) mass is 282 g/mol. The molecule has 3 heterocycles. The molecule has 2 saturated heterocycles. The van der Waals surface area contributed by atoms with Gasteiger partial charge in [-0.15, -0.1) is 0 Å². The lowest BCUT2D eigenvalue weighted by molar-refractivity contribution is -0.128. The lowest BCUT2D eigenvalue weighted by atomic mass is 10.1. The molecule has 0 aromatic carbocycles. The zero-order valence-electron chi connectivity index (χ0n) is 10.3. The first-order valence-electron chi connectivity index (χ1n) is 6.51. The van der Waals surface area contributed by atoms with Crippen LogP contribution in [0.3, 0.4) is 0 Å². The second-order valence-corrected chi connectivity index (χ2v) is 7.06. The number of hydrogen-bond donors (Lipinski definition) is 1. The molecule has 18 heavy (non-hydrogen) atoms. The van der Waals surface area contributed by atoms with E-state index in [4.69, 9.17) is 0 Å². The first-order chi connectivity index (χ1) is 8.84. The molecule has 1 N–H and O–H groups in total. The number of nitrogens with one attached hydrogen (secondary N) is 1. The van der Waals surface area contributed by atoms with Gasteiger partial charge in [-0.1, -0.05) is 6.42 Å². The average Bonchev–Trinajstić information content (AvgIpc) is 3.02. The Balaban J connectivity index is 1.69. The van der Waals surface area contributed by atoms with Crippen molar-refractivity contribution >= 4 is 29.0 Å². The summed E-state index contributed by atoms with van der Waals surface area (Å²) < 4.78 is 0. The highest BCUT2D eigenvalue weighted by Gasteiger charge is 2.33. The summed E-state index contributed by atoms with van der Waals surface area (Å²) in [5.74, 6) is 1.50. The van der Waals surface area contributed by atoms with Crippen molar-refractivity contribution in [1.29, 1.82) is 0 Å². The van der Waals surface area contributed by atoms with Crippen LogP contribution in [-0.2, 0) is 4.79 Å². The van der Waals surface area contributed by atoms with E-state index in [1.165, 1.54) is 30.6 Å². The third-order valence-corrected chi connectivity index (χ3v) is 5.69. The lowest BCUT2D eigenvalue weighted by Gasteiger charge is -2.30. The maximum absolute atomic E-state index is 12.0. The third-order valence-electron chi connectivity index (χ3n) is 3.61. The van der Waals surface area contributed by atoms with Crippen molar-refractivity contribution in [2.45, 2.75) is 30.7 Å². The normalized spacial score (nSPS) is 28.9. The molecule has 1 amide bonds. The fourth-order valence-electron chi connectivity index (χ4n) is 2.65. The Morgan fingerprint density at radius 3 is 3.11 bits per heavy atom. The number of thioether (sulfide) groups is 1. The van der Waals surface area contributed by atoms with Gasteiger partial charge in [-0.2, -0.15) is 23.1 Å². The number of amides is 1. The van der Waals surface area contributed by atoms with E-state index >= 15 is 0 Å². The molecule has 5 heteroatoms. The molecule has 2 fully saturated rings. The number of nitrogens with zero attached hydrogens (tertiary/aromatic N) is 1. The second-order valence-electron chi connectivity index (χ2n) is 4.87. The molecule has 0 bridgehead atoms. The average molecular weight is 282 g/mol. The summed E-state index contributed by atoms with van der Waals surface area (Å²) in [6.45, 7) is 1.38. The van der Waals surface area contributed by atoms with Crippen LogP contribution in [0.1, 0.15) is 31.0 Å². The minimum absolute atomic E-state index is 0.103. The molecule has 2 atom stereocenters. The predicted molar refractivity (Wildman–Crippen MR) is 76.9 cm³/mol. The highest BCUT2D eigenvalue weighted by atomic mass is 32.2. The second kappa shape index (κ2) is 5.63. The van der Waals surface area contributed by atoms with Crippen molar-refractivity contribution in [3.05, 3.63) is 22.4 Å². The van der Waals surface area contributed by atoms with Crippen LogP contribution < -0.4 is 5.32 Å². The highest BCUT2D eigenvalue weighted by Crippen LogP contribution is 2.30. The van der Waals surface area contributed by atoms with Crippen molar-refractivity contribution in [1.82, 2.24) is 10.2 Å². The van der Waals surface area contributed by atoms with Crippen LogP contribution >= 0.6 is 23.1 Å². The maximum atomic E-state index is 12.0. The summed E-state index contributed by atoms with van der Waals surface area (Å²) in [4.78, 5) is 14.0. The Kier molecular flexibility index (Phi) is 3.91. The van der Waals surface area contributed by atoms with Gasteiger partial charge in [0.05, 0.1) is 6.54 Å². The molecule has 1 aromatic heterocycles. The zero-order chi connectivity index (χ0) is 12.4. The van der Waals surface area contributed by atoms with Crippen molar-refractivity contribution in [3.63, 3.8) is 0 Å². The molecule has 3 nitrogen and oxygen atoms in total. The van der Waals surface area contributed by atoms with Gasteiger partial charge in [0.2, 0.25) is 5.91 Å². The molecule has 0 saturated carbocycles. The van der Waals surface area contributed by atoms with Crippen molar-refractivity contribution in [2.24, 2.45) is 0 Å². The van der Waals surface area contributed by atoms with Crippen LogP contribution in [0.2, 0.25) is 0 Å². The molecular weight excluding hydrogens is 264 g/mol. The molecule has 2 aliphatic heterocycles. The molecule has 2 aliphatic rings. The summed E-state index contributed by atoms with van der Waals surface area (Å²) in [6, 6.07) is 2.11. The Labute approximate surface area is 116 Å². The van der Waals surface area contributed by atoms with Gasteiger partial charge < -0.3 is 4.90 Å². The first kappa shape index (κ1) is 12.5. The van der Waals surface area contributed by atoms with E-state index in [1.807, 2.05) is 16.7 Å². The summed E-state index contributed by atoms with van der Waals surface area (Å²) in [6.07, 6.45) is 4.01. The van der Waals surface area contributed by atoms with Crippen LogP contribution in [0.15, 0.2) is 16.8 Å². The minimum atomic E-state index is 0.103. The van der Waals surface area contributed by atoms with Gasteiger partial charge in [0, 0.05) is 11.8 Å². The van der Waals surface area contributed by atoms with Gasteiger partial charge in [0.15, 0.2) is 0 Å². The SMILES string of the molecule is O=C1CNC(c2ccsc2)N1CC1CCCCS1. The highest BCUT2D eigenvalue weighted by molar-refractivity contribution is 7.99. The summed E-state index contributed by atoms with van der Waals surface area (Å²) in [5.41, 5.74) is 1.23. The van der Waals surface area contributed by atoms with Crippen LogP contribution in [-0.4, -0.2) is 34.9 Å². The van der Waals surface area contributed by atoms with Crippen LogP contribution in [0.25, 0.3) is 0 Å². The standard InChI is InChI=1S/C13H18N2OS2/c16-12-7-14-13(10-4-6-17-9-10)15(12)8-11-3-1-2-5-18-11/h4,6,9,11,13-14H,1-3,5,7-8H2. The summed E-state index contributed by atoms with van der Waals surface area (Å²) >= 11 is 3.72. The number of carbonyl (C=O) groups excluding carboxylic acids is 1. The van der Waals surface area contributed by atoms with E-state index in [0.717, 1.165) is 6.54 Å². The molecular formula is C13H18N2OS2. The van der Waals surface area contributed by atoms with Crippen LogP contribution in [0.4, 0.5) is 0 Å². The third kappa shape index (κ3) is 2.58. The van der Waals surface area contributed by atoms with Crippen molar-refractivity contribution < 1.29 is 4.79 Å². The van der Waals surface area contributed by atoms with Gasteiger partial charge in [-0.05, 0) is 41.0 Å². The number of carbonyl (C=O) groups is 1. The molecule has 98 valence electrons. The molecule has 1 aromatic rings. The fourth-order valence-corrected chi connectivity index (χ4v) is 4.63. The molecule has 2 unspecified atom stereocenters. The van der Waals surface area contributed by atoms with Crippen molar-refractivity contribution in [2.75, 3.05) is 18.8 Å². The molecule has 0 spiro atoms. The van der Waals surface area contributed by atoms with Gasteiger partial charge in [-0.3, -0.25) is 10.1 Å². The number of hydrogen-bond acceptors (Lipinski definition) is 4. The number of rotatable bonds is 3. The Hall–Kier alpha value is -0.520. The smallest absolute Gasteiger partial charge is 0.238 e. The summed E-state index contributed by atoms with van der Waals surface area (Å²) in [5, 5.41) is 8.16. The van der Waals surface area contributed by atoms with E-state index in [2.05, 4.69) is 22.1 Å². The first-order valence-corrected chi connectivity index (χ1v) is 8.50. The van der Waals surface area contributed by atoms with Gasteiger partial charge in [0.25, 0.3) is 0 Å². The minimum Gasteiger partial charge on any atom is -0.321 e. The van der Waals surface area contributed by atoms with Crippen LogP contribution in [0, 0.1) is 0 Å². The predicted octanol–water partition coefficient (Wildman–Crippen LogP) is 2.46. The number of thiophene rings is 1. The molecule has 0 radical (unpaired) electrons. The van der Waals surface area contributed by atoms with E-state index in [0.29, 0.717) is 11.8 Å². The van der Waals surface area contributed by atoms with Gasteiger partial charge in [0.1, 0.15) is 6.17 Å². The van der Waals surface area contributed by atoms with E-state index in [9.17, 15) is 4.79 Å². The topological polar surface area (TPSA) is 32.3 Å². The van der Waals surface area contributed by atoms with Gasteiger partial charge >= 0.3 is 0 Å². The molecule has 0 aliphatic carbocycles. The van der Waals surface area contributed by atoms with Gasteiger partial charge in [-0.25, -0.2) is 0 Å². The summed E-state index contributed by atoms with van der Waals surface area (Å²) in [7, 11) is 0. The Morgan fingerprint density at radius 2 is 2.39 bits per heavy atom. The van der Waals surface area contributed by atoms with E-state index in [1.54, 1.807) is 11.3 Å². The largest absolute Gasteiger partial charge is 0.321 e. The quantitative estimate of drug-likeness (QED) is 0.924. The van der Waals surface area contributed by atoms with Crippen molar-refractivity contribution in [3.8, 4) is 0 Å². The lowest BCUT2D eigenvalue weighted by Crippen LogP contribution is -2.36. The Bertz CT molecular complexity index is 401.